The first-order chi connectivity index (χ1) is 11.3. The summed E-state index contributed by atoms with van der Waals surface area (Å²) in [5.74, 6) is -0.191. The molecule has 0 unspecified atom stereocenters. The first-order valence-corrected chi connectivity index (χ1v) is 8.55. The van der Waals surface area contributed by atoms with E-state index in [0.29, 0.717) is 23.9 Å². The topological polar surface area (TPSA) is 66.8 Å². The first-order valence-electron chi connectivity index (χ1n) is 8.17. The molecule has 1 aliphatic rings. The molecule has 0 aliphatic carbocycles. The SMILES string of the molecule is CC(C)(CC(=O)O)CC(=O)N1CCC(Oc2ccccc2Cl)CC1. The molecule has 0 radical (unpaired) electrons. The minimum Gasteiger partial charge on any atom is -0.489 e. The van der Waals surface area contributed by atoms with Gasteiger partial charge in [-0.3, -0.25) is 9.59 Å². The van der Waals surface area contributed by atoms with Crippen LogP contribution in [0, 0.1) is 5.41 Å². The van der Waals surface area contributed by atoms with Crippen molar-refractivity contribution in [3.05, 3.63) is 29.3 Å². The zero-order valence-electron chi connectivity index (χ0n) is 14.1. The lowest BCUT2D eigenvalue weighted by atomic mass is 9.85. The quantitative estimate of drug-likeness (QED) is 0.848. The van der Waals surface area contributed by atoms with E-state index in [0.717, 1.165) is 12.8 Å². The van der Waals surface area contributed by atoms with Gasteiger partial charge in [0.05, 0.1) is 11.4 Å². The Labute approximate surface area is 147 Å². The average Bonchev–Trinajstić information content (AvgIpc) is 2.48. The van der Waals surface area contributed by atoms with Gasteiger partial charge >= 0.3 is 5.97 Å². The summed E-state index contributed by atoms with van der Waals surface area (Å²) in [5.41, 5.74) is -0.534. The minimum atomic E-state index is -0.875. The fourth-order valence-electron chi connectivity index (χ4n) is 2.94. The Morgan fingerprint density at radius 1 is 1.25 bits per heavy atom. The summed E-state index contributed by atoms with van der Waals surface area (Å²) >= 11 is 6.10. The molecular weight excluding hydrogens is 330 g/mol. The van der Waals surface area contributed by atoms with Crippen molar-refractivity contribution in [2.45, 2.75) is 45.6 Å². The molecule has 2 rings (SSSR count). The van der Waals surface area contributed by atoms with Crippen LogP contribution in [0.15, 0.2) is 24.3 Å². The first kappa shape index (κ1) is 18.6. The number of amides is 1. The molecule has 1 fully saturated rings. The highest BCUT2D eigenvalue weighted by molar-refractivity contribution is 6.32. The summed E-state index contributed by atoms with van der Waals surface area (Å²) in [6, 6.07) is 7.37. The summed E-state index contributed by atoms with van der Waals surface area (Å²) in [7, 11) is 0. The van der Waals surface area contributed by atoms with Crippen molar-refractivity contribution in [3.8, 4) is 5.75 Å². The van der Waals surface area contributed by atoms with E-state index in [9.17, 15) is 9.59 Å². The maximum atomic E-state index is 12.4. The lowest BCUT2D eigenvalue weighted by molar-refractivity contribution is -0.141. The highest BCUT2D eigenvalue weighted by atomic mass is 35.5. The van der Waals surface area contributed by atoms with Crippen LogP contribution in [0.3, 0.4) is 0 Å². The molecule has 1 amide bonds. The van der Waals surface area contributed by atoms with E-state index in [4.69, 9.17) is 21.4 Å². The highest BCUT2D eigenvalue weighted by Gasteiger charge is 2.30. The Hall–Kier alpha value is -1.75. The number of piperidine rings is 1. The minimum absolute atomic E-state index is 0.00910. The molecule has 0 spiro atoms. The number of ether oxygens (including phenoxy) is 1. The van der Waals surface area contributed by atoms with Crippen LogP contribution in [0.1, 0.15) is 39.5 Å². The van der Waals surface area contributed by atoms with E-state index < -0.39 is 11.4 Å². The molecule has 0 atom stereocenters. The number of benzene rings is 1. The fourth-order valence-corrected chi connectivity index (χ4v) is 3.12. The molecule has 0 bridgehead atoms. The lowest BCUT2D eigenvalue weighted by Gasteiger charge is -2.34. The standard InChI is InChI=1S/C18H24ClNO4/c1-18(2,12-17(22)23)11-16(21)20-9-7-13(8-10-20)24-15-6-4-3-5-14(15)19/h3-6,13H,7-12H2,1-2H3,(H,22,23). The van der Waals surface area contributed by atoms with E-state index in [1.165, 1.54) is 0 Å². The van der Waals surface area contributed by atoms with Crippen molar-refractivity contribution in [2.75, 3.05) is 13.1 Å². The summed E-state index contributed by atoms with van der Waals surface area (Å²) in [4.78, 5) is 25.1. The normalized spacial score (nSPS) is 16.0. The van der Waals surface area contributed by atoms with Gasteiger partial charge in [-0.1, -0.05) is 37.6 Å². The number of para-hydroxylation sites is 1. The second-order valence-electron chi connectivity index (χ2n) is 7.04. The number of rotatable bonds is 6. The monoisotopic (exact) mass is 353 g/mol. The van der Waals surface area contributed by atoms with Gasteiger partial charge in [0.2, 0.25) is 5.91 Å². The van der Waals surface area contributed by atoms with E-state index in [1.807, 2.05) is 32.0 Å². The van der Waals surface area contributed by atoms with Crippen LogP contribution < -0.4 is 4.74 Å². The number of aliphatic carboxylic acids is 1. The molecule has 6 heteroatoms. The van der Waals surface area contributed by atoms with Crippen LogP contribution in [0.2, 0.25) is 5.02 Å². The third-order valence-electron chi connectivity index (χ3n) is 4.18. The van der Waals surface area contributed by atoms with Gasteiger partial charge in [0, 0.05) is 32.4 Å². The molecule has 1 aliphatic heterocycles. The number of nitrogens with zero attached hydrogens (tertiary/aromatic N) is 1. The Bertz CT molecular complexity index is 594. The molecule has 1 aromatic rings. The number of carboxylic acid groups (broad SMARTS) is 1. The van der Waals surface area contributed by atoms with Crippen LogP contribution in [0.25, 0.3) is 0 Å². The largest absolute Gasteiger partial charge is 0.489 e. The predicted molar refractivity (Wildman–Crippen MR) is 92.3 cm³/mol. The fraction of sp³-hybridized carbons (Fsp3) is 0.556. The summed E-state index contributed by atoms with van der Waals surface area (Å²) < 4.78 is 5.92. The molecule has 24 heavy (non-hydrogen) atoms. The third kappa shape index (κ3) is 5.41. The predicted octanol–water partition coefficient (Wildman–Crippen LogP) is 3.60. The van der Waals surface area contributed by atoms with Crippen molar-refractivity contribution in [1.29, 1.82) is 0 Å². The summed E-state index contributed by atoms with van der Waals surface area (Å²) in [6.45, 7) is 4.87. The highest BCUT2D eigenvalue weighted by Crippen LogP contribution is 2.29. The zero-order valence-corrected chi connectivity index (χ0v) is 14.9. The molecule has 1 N–H and O–H groups in total. The number of halogens is 1. The van der Waals surface area contributed by atoms with Crippen molar-refractivity contribution in [1.82, 2.24) is 4.90 Å². The van der Waals surface area contributed by atoms with Crippen molar-refractivity contribution >= 4 is 23.5 Å². The van der Waals surface area contributed by atoms with Crippen molar-refractivity contribution < 1.29 is 19.4 Å². The van der Waals surface area contributed by atoms with Crippen molar-refractivity contribution in [2.24, 2.45) is 5.41 Å². The van der Waals surface area contributed by atoms with Gasteiger partial charge in [0.25, 0.3) is 0 Å². The van der Waals surface area contributed by atoms with Crippen LogP contribution in [0.4, 0.5) is 0 Å². The smallest absolute Gasteiger partial charge is 0.303 e. The Kier molecular flexibility index (Phi) is 6.10. The Balaban J connectivity index is 1.83. The van der Waals surface area contributed by atoms with Crippen LogP contribution in [-0.4, -0.2) is 41.1 Å². The number of carboxylic acids is 1. The molecular formula is C18H24ClNO4. The van der Waals surface area contributed by atoms with Gasteiger partial charge in [0.1, 0.15) is 11.9 Å². The molecule has 0 saturated carbocycles. The van der Waals surface area contributed by atoms with E-state index in [-0.39, 0.29) is 24.9 Å². The second-order valence-corrected chi connectivity index (χ2v) is 7.45. The molecule has 132 valence electrons. The van der Waals surface area contributed by atoms with E-state index >= 15 is 0 Å². The van der Waals surface area contributed by atoms with Crippen molar-refractivity contribution in [3.63, 3.8) is 0 Å². The number of hydrogen-bond acceptors (Lipinski definition) is 3. The maximum absolute atomic E-state index is 12.4. The van der Waals surface area contributed by atoms with E-state index in [2.05, 4.69) is 0 Å². The van der Waals surface area contributed by atoms with Crippen LogP contribution in [0.5, 0.6) is 5.75 Å². The molecule has 5 nitrogen and oxygen atoms in total. The van der Waals surface area contributed by atoms with E-state index in [1.54, 1.807) is 11.0 Å². The molecule has 1 aromatic carbocycles. The van der Waals surface area contributed by atoms with Gasteiger partial charge in [-0.25, -0.2) is 0 Å². The third-order valence-corrected chi connectivity index (χ3v) is 4.50. The zero-order chi connectivity index (χ0) is 17.7. The average molecular weight is 354 g/mol. The Morgan fingerprint density at radius 2 is 1.88 bits per heavy atom. The van der Waals surface area contributed by atoms with Gasteiger partial charge in [-0.05, 0) is 17.5 Å². The molecule has 1 heterocycles. The van der Waals surface area contributed by atoms with Gasteiger partial charge in [0.15, 0.2) is 0 Å². The summed E-state index contributed by atoms with van der Waals surface area (Å²) in [5, 5.41) is 9.51. The Morgan fingerprint density at radius 3 is 2.46 bits per heavy atom. The maximum Gasteiger partial charge on any atom is 0.303 e. The van der Waals surface area contributed by atoms with Crippen LogP contribution in [-0.2, 0) is 9.59 Å². The molecule has 0 aromatic heterocycles. The number of hydrogen-bond donors (Lipinski definition) is 1. The summed E-state index contributed by atoms with van der Waals surface area (Å²) in [6.07, 6.45) is 1.77. The number of carbonyl (C=O) groups is 2. The molecule has 1 saturated heterocycles. The van der Waals surface area contributed by atoms with Crippen LogP contribution >= 0.6 is 11.6 Å². The number of likely N-dealkylation sites (tertiary alicyclic amines) is 1. The van der Waals surface area contributed by atoms with Gasteiger partial charge in [-0.2, -0.15) is 0 Å². The number of carbonyl (C=O) groups excluding carboxylic acids is 1. The second kappa shape index (κ2) is 7.88. The van der Waals surface area contributed by atoms with Gasteiger partial charge in [-0.15, -0.1) is 0 Å². The van der Waals surface area contributed by atoms with Gasteiger partial charge < -0.3 is 14.7 Å². The lowest BCUT2D eigenvalue weighted by Crippen LogP contribution is -2.43.